The Labute approximate surface area is 64.2 Å². The number of rotatable bonds is 0. The van der Waals surface area contributed by atoms with Crippen molar-refractivity contribution in [2.45, 2.75) is 12.8 Å². The van der Waals surface area contributed by atoms with Crippen LogP contribution in [0.4, 0.5) is 5.69 Å². The van der Waals surface area contributed by atoms with Crippen LogP contribution >= 0.6 is 0 Å². The number of hydrogen-bond donors (Lipinski definition) is 1. The molecule has 4 heteroatoms. The SMILES string of the molecule is Cn1ncc2c1CCC(=O)N2. The van der Waals surface area contributed by atoms with E-state index in [0.29, 0.717) is 6.42 Å². The number of aromatic nitrogens is 2. The zero-order valence-electron chi connectivity index (χ0n) is 6.29. The summed E-state index contributed by atoms with van der Waals surface area (Å²) in [6.45, 7) is 0. The van der Waals surface area contributed by atoms with Crippen LogP contribution in [0.5, 0.6) is 0 Å². The second-order valence-corrected chi connectivity index (χ2v) is 2.68. The summed E-state index contributed by atoms with van der Waals surface area (Å²) < 4.78 is 1.80. The monoisotopic (exact) mass is 151 g/mol. The number of fused-ring (bicyclic) bond motifs is 1. The van der Waals surface area contributed by atoms with Crippen LogP contribution in [0.15, 0.2) is 6.20 Å². The Morgan fingerprint density at radius 1 is 1.64 bits per heavy atom. The van der Waals surface area contributed by atoms with Gasteiger partial charge in [0, 0.05) is 19.9 Å². The lowest BCUT2D eigenvalue weighted by molar-refractivity contribution is -0.116. The fourth-order valence-electron chi connectivity index (χ4n) is 1.31. The molecule has 0 bridgehead atoms. The van der Waals surface area contributed by atoms with Gasteiger partial charge in [-0.15, -0.1) is 0 Å². The van der Waals surface area contributed by atoms with Gasteiger partial charge in [-0.2, -0.15) is 5.10 Å². The number of hydrogen-bond acceptors (Lipinski definition) is 2. The summed E-state index contributed by atoms with van der Waals surface area (Å²) in [6, 6.07) is 0. The van der Waals surface area contributed by atoms with E-state index in [9.17, 15) is 4.79 Å². The highest BCUT2D eigenvalue weighted by Gasteiger charge is 2.17. The van der Waals surface area contributed by atoms with Crippen molar-refractivity contribution in [2.24, 2.45) is 7.05 Å². The molecule has 1 N–H and O–H groups in total. The van der Waals surface area contributed by atoms with Crippen molar-refractivity contribution < 1.29 is 4.79 Å². The van der Waals surface area contributed by atoms with E-state index in [4.69, 9.17) is 0 Å². The average Bonchev–Trinajstić information content (AvgIpc) is 2.32. The van der Waals surface area contributed by atoms with E-state index in [-0.39, 0.29) is 5.91 Å². The van der Waals surface area contributed by atoms with Gasteiger partial charge in [-0.25, -0.2) is 0 Å². The highest BCUT2D eigenvalue weighted by molar-refractivity contribution is 5.93. The molecule has 11 heavy (non-hydrogen) atoms. The molecule has 1 amide bonds. The standard InChI is InChI=1S/C7H9N3O/c1-10-6-2-3-7(11)9-5(6)4-8-10/h4H,2-3H2,1H3,(H,9,11). The minimum atomic E-state index is 0.0884. The van der Waals surface area contributed by atoms with Crippen molar-refractivity contribution in [3.8, 4) is 0 Å². The molecule has 0 aromatic carbocycles. The van der Waals surface area contributed by atoms with Gasteiger partial charge in [-0.3, -0.25) is 9.48 Å². The number of carbonyl (C=O) groups excluding carboxylic acids is 1. The molecule has 0 atom stereocenters. The van der Waals surface area contributed by atoms with Gasteiger partial charge >= 0.3 is 0 Å². The number of nitrogens with zero attached hydrogens (tertiary/aromatic N) is 2. The first-order valence-corrected chi connectivity index (χ1v) is 3.58. The molecule has 0 aliphatic carbocycles. The first-order valence-electron chi connectivity index (χ1n) is 3.58. The van der Waals surface area contributed by atoms with E-state index in [1.807, 2.05) is 7.05 Å². The fourth-order valence-corrected chi connectivity index (χ4v) is 1.31. The predicted molar refractivity (Wildman–Crippen MR) is 40.2 cm³/mol. The molecule has 0 radical (unpaired) electrons. The van der Waals surface area contributed by atoms with E-state index in [0.717, 1.165) is 17.8 Å². The largest absolute Gasteiger partial charge is 0.323 e. The first-order chi connectivity index (χ1) is 5.27. The van der Waals surface area contributed by atoms with Gasteiger partial charge in [0.15, 0.2) is 0 Å². The molecule has 2 heterocycles. The highest BCUT2D eigenvalue weighted by atomic mass is 16.1. The van der Waals surface area contributed by atoms with Crippen LogP contribution in [-0.4, -0.2) is 15.7 Å². The van der Waals surface area contributed by atoms with E-state index < -0.39 is 0 Å². The Kier molecular flexibility index (Phi) is 1.21. The summed E-state index contributed by atoms with van der Waals surface area (Å²) in [5.74, 6) is 0.0884. The maximum absolute atomic E-state index is 10.9. The summed E-state index contributed by atoms with van der Waals surface area (Å²) in [7, 11) is 1.89. The van der Waals surface area contributed by atoms with E-state index in [2.05, 4.69) is 10.4 Å². The van der Waals surface area contributed by atoms with Gasteiger partial charge in [0.2, 0.25) is 5.91 Å². The summed E-state index contributed by atoms with van der Waals surface area (Å²) >= 11 is 0. The number of amides is 1. The van der Waals surface area contributed by atoms with E-state index in [1.54, 1.807) is 10.9 Å². The Hall–Kier alpha value is -1.32. The minimum absolute atomic E-state index is 0.0884. The number of nitrogens with one attached hydrogen (secondary N) is 1. The predicted octanol–water partition coefficient (Wildman–Crippen LogP) is 0.305. The van der Waals surface area contributed by atoms with Gasteiger partial charge in [0.25, 0.3) is 0 Å². The van der Waals surface area contributed by atoms with Gasteiger partial charge in [-0.1, -0.05) is 0 Å². The number of carbonyl (C=O) groups is 1. The highest BCUT2D eigenvalue weighted by Crippen LogP contribution is 2.20. The average molecular weight is 151 g/mol. The maximum Gasteiger partial charge on any atom is 0.224 e. The summed E-state index contributed by atoms with van der Waals surface area (Å²) in [5, 5.41) is 6.79. The Balaban J connectivity index is 2.44. The molecule has 0 unspecified atom stereocenters. The molecule has 4 nitrogen and oxygen atoms in total. The Morgan fingerprint density at radius 3 is 3.27 bits per heavy atom. The van der Waals surface area contributed by atoms with Crippen molar-refractivity contribution >= 4 is 11.6 Å². The lowest BCUT2D eigenvalue weighted by atomic mass is 10.1. The van der Waals surface area contributed by atoms with Crippen molar-refractivity contribution in [3.63, 3.8) is 0 Å². The normalized spacial score (nSPS) is 15.9. The third kappa shape index (κ3) is 0.906. The number of anilines is 1. The van der Waals surface area contributed by atoms with Crippen LogP contribution in [0, 0.1) is 0 Å². The van der Waals surface area contributed by atoms with Gasteiger partial charge in [-0.05, 0) is 0 Å². The molecule has 58 valence electrons. The molecule has 1 aromatic rings. The maximum atomic E-state index is 10.9. The molecule has 0 saturated heterocycles. The molecular weight excluding hydrogens is 142 g/mol. The first kappa shape index (κ1) is 6.39. The van der Waals surface area contributed by atoms with Crippen molar-refractivity contribution in [3.05, 3.63) is 11.9 Å². The second-order valence-electron chi connectivity index (χ2n) is 2.68. The van der Waals surface area contributed by atoms with Crippen molar-refractivity contribution in [1.82, 2.24) is 9.78 Å². The molecule has 1 aromatic heterocycles. The fraction of sp³-hybridized carbons (Fsp3) is 0.429. The van der Waals surface area contributed by atoms with E-state index in [1.165, 1.54) is 0 Å². The van der Waals surface area contributed by atoms with Gasteiger partial charge in [0.05, 0.1) is 17.6 Å². The van der Waals surface area contributed by atoms with Gasteiger partial charge < -0.3 is 5.32 Å². The molecule has 0 fully saturated rings. The third-order valence-corrected chi connectivity index (χ3v) is 1.92. The summed E-state index contributed by atoms with van der Waals surface area (Å²) in [4.78, 5) is 10.9. The molecule has 1 aliphatic rings. The van der Waals surface area contributed by atoms with Gasteiger partial charge in [0.1, 0.15) is 0 Å². The van der Waals surface area contributed by atoms with Crippen molar-refractivity contribution in [1.29, 1.82) is 0 Å². The topological polar surface area (TPSA) is 46.9 Å². The van der Waals surface area contributed by atoms with Crippen LogP contribution in [0.1, 0.15) is 12.1 Å². The smallest absolute Gasteiger partial charge is 0.224 e. The number of aryl methyl sites for hydroxylation is 1. The summed E-state index contributed by atoms with van der Waals surface area (Å²) in [5.41, 5.74) is 1.98. The van der Waals surface area contributed by atoms with E-state index >= 15 is 0 Å². The van der Waals surface area contributed by atoms with Crippen LogP contribution in [-0.2, 0) is 18.3 Å². The van der Waals surface area contributed by atoms with Crippen molar-refractivity contribution in [2.75, 3.05) is 5.32 Å². The van der Waals surface area contributed by atoms with Crippen LogP contribution < -0.4 is 5.32 Å². The zero-order valence-corrected chi connectivity index (χ0v) is 6.29. The lowest BCUT2D eigenvalue weighted by Gasteiger charge is -2.12. The third-order valence-electron chi connectivity index (χ3n) is 1.92. The molecule has 2 rings (SSSR count). The molecule has 0 saturated carbocycles. The van der Waals surface area contributed by atoms with Crippen LogP contribution in [0.3, 0.4) is 0 Å². The summed E-state index contributed by atoms with van der Waals surface area (Å²) in [6.07, 6.45) is 3.07. The molecule has 0 spiro atoms. The molecular formula is C7H9N3O. The quantitative estimate of drug-likeness (QED) is 0.580. The Morgan fingerprint density at radius 2 is 2.45 bits per heavy atom. The second kappa shape index (κ2) is 2.08. The van der Waals surface area contributed by atoms with Crippen LogP contribution in [0.2, 0.25) is 0 Å². The minimum Gasteiger partial charge on any atom is -0.323 e. The lowest BCUT2D eigenvalue weighted by Crippen LogP contribution is -2.19. The van der Waals surface area contributed by atoms with Crippen LogP contribution in [0.25, 0.3) is 0 Å². The zero-order chi connectivity index (χ0) is 7.84. The Bertz CT molecular complexity index is 303. The molecule has 1 aliphatic heterocycles.